The molecule has 0 unspecified atom stereocenters. The normalized spacial score (nSPS) is 15.4. The lowest BCUT2D eigenvalue weighted by Crippen LogP contribution is -2.35. The van der Waals surface area contributed by atoms with Crippen molar-refractivity contribution >= 4 is 34.7 Å². The van der Waals surface area contributed by atoms with Gasteiger partial charge in [0.25, 0.3) is 0 Å². The van der Waals surface area contributed by atoms with E-state index in [4.69, 9.17) is 4.74 Å². The van der Waals surface area contributed by atoms with Crippen LogP contribution >= 0.6 is 23.1 Å². The van der Waals surface area contributed by atoms with Gasteiger partial charge in [0.1, 0.15) is 0 Å². The van der Waals surface area contributed by atoms with Gasteiger partial charge in [-0.15, -0.1) is 10.2 Å². The van der Waals surface area contributed by atoms with E-state index in [1.54, 1.807) is 34.9 Å². The number of anilines is 1. The predicted octanol–water partition coefficient (Wildman–Crippen LogP) is 4.94. The molecule has 1 aromatic carbocycles. The first-order valence-electron chi connectivity index (χ1n) is 9.14. The molecule has 0 bridgehead atoms. The molecule has 1 aliphatic heterocycles. The Morgan fingerprint density at radius 3 is 2.89 bits per heavy atom. The number of rotatable bonds is 5. The number of hydrogen-bond acceptors (Lipinski definition) is 7. The van der Waals surface area contributed by atoms with Crippen molar-refractivity contribution < 1.29 is 9.53 Å². The number of unbranched alkanes of at least 4 members (excludes halogenated alkanes) is 1. The maximum atomic E-state index is 12.6. The van der Waals surface area contributed by atoms with Crippen LogP contribution in [0.2, 0.25) is 0 Å². The standard InChI is InChI=1S/C20H20N4O2S2/c1-3-4-10-28-20-21-18-17(22-23-20)15-7-5-6-8-16(15)24(13(2)25)19(26-18)14-9-11-27-12-14/h5-9,11-12,19H,3-4,10H2,1-2H3/t19-/m1/s1. The molecule has 0 radical (unpaired) electrons. The molecule has 28 heavy (non-hydrogen) atoms. The second-order valence-electron chi connectivity index (χ2n) is 6.38. The predicted molar refractivity (Wildman–Crippen MR) is 112 cm³/mol. The summed E-state index contributed by atoms with van der Waals surface area (Å²) in [6.07, 6.45) is 1.60. The van der Waals surface area contributed by atoms with Gasteiger partial charge in [0.15, 0.2) is 5.69 Å². The first-order valence-corrected chi connectivity index (χ1v) is 11.1. The van der Waals surface area contributed by atoms with Crippen molar-refractivity contribution in [3.63, 3.8) is 0 Å². The summed E-state index contributed by atoms with van der Waals surface area (Å²) >= 11 is 3.13. The molecule has 0 spiro atoms. The number of aromatic nitrogens is 3. The van der Waals surface area contributed by atoms with E-state index in [-0.39, 0.29) is 5.91 Å². The van der Waals surface area contributed by atoms with E-state index in [1.807, 2.05) is 41.1 Å². The number of carbonyl (C=O) groups is 1. The van der Waals surface area contributed by atoms with Gasteiger partial charge in [-0.3, -0.25) is 9.69 Å². The molecule has 144 valence electrons. The number of benzene rings is 1. The van der Waals surface area contributed by atoms with Gasteiger partial charge in [-0.2, -0.15) is 16.3 Å². The molecule has 0 aliphatic carbocycles. The van der Waals surface area contributed by atoms with Crippen LogP contribution in [0, 0.1) is 0 Å². The Labute approximate surface area is 172 Å². The fourth-order valence-electron chi connectivity index (χ4n) is 3.05. The van der Waals surface area contributed by atoms with E-state index in [2.05, 4.69) is 22.1 Å². The summed E-state index contributed by atoms with van der Waals surface area (Å²) in [7, 11) is 0. The molecule has 6 nitrogen and oxygen atoms in total. The average molecular weight is 413 g/mol. The molecule has 0 N–H and O–H groups in total. The highest BCUT2D eigenvalue weighted by Gasteiger charge is 2.34. The van der Waals surface area contributed by atoms with Crippen LogP contribution in [0.3, 0.4) is 0 Å². The summed E-state index contributed by atoms with van der Waals surface area (Å²) in [5, 5.41) is 13.2. The highest BCUT2D eigenvalue weighted by Crippen LogP contribution is 2.43. The minimum atomic E-state index is -0.601. The monoisotopic (exact) mass is 412 g/mol. The van der Waals surface area contributed by atoms with Gasteiger partial charge in [-0.25, -0.2) is 0 Å². The van der Waals surface area contributed by atoms with Crippen molar-refractivity contribution in [2.75, 3.05) is 10.7 Å². The molecule has 3 heterocycles. The molecule has 4 rings (SSSR count). The summed E-state index contributed by atoms with van der Waals surface area (Å²) in [6.45, 7) is 3.69. The van der Waals surface area contributed by atoms with Crippen LogP contribution in [-0.4, -0.2) is 26.8 Å². The summed E-state index contributed by atoms with van der Waals surface area (Å²) in [4.78, 5) is 18.9. The number of thioether (sulfide) groups is 1. The maximum Gasteiger partial charge on any atom is 0.247 e. The van der Waals surface area contributed by atoms with E-state index in [1.165, 1.54) is 0 Å². The molecule has 0 saturated carbocycles. The molecule has 2 aromatic heterocycles. The average Bonchev–Trinajstić information content (AvgIpc) is 3.18. The quantitative estimate of drug-likeness (QED) is 0.437. The second kappa shape index (κ2) is 8.28. The third-order valence-corrected chi connectivity index (χ3v) is 6.03. The molecule has 1 amide bonds. The van der Waals surface area contributed by atoms with E-state index in [9.17, 15) is 4.79 Å². The van der Waals surface area contributed by atoms with Gasteiger partial charge >= 0.3 is 0 Å². The molecule has 8 heteroatoms. The fraction of sp³-hybridized carbons (Fsp3) is 0.300. The van der Waals surface area contributed by atoms with Crippen molar-refractivity contribution in [1.82, 2.24) is 15.2 Å². The van der Waals surface area contributed by atoms with Crippen molar-refractivity contribution in [2.24, 2.45) is 0 Å². The van der Waals surface area contributed by atoms with Crippen LogP contribution in [0.25, 0.3) is 11.3 Å². The van der Waals surface area contributed by atoms with Crippen LogP contribution in [0.1, 0.15) is 38.5 Å². The van der Waals surface area contributed by atoms with Gasteiger partial charge in [0, 0.05) is 23.8 Å². The second-order valence-corrected chi connectivity index (χ2v) is 8.23. The zero-order valence-corrected chi connectivity index (χ0v) is 17.3. The highest BCUT2D eigenvalue weighted by atomic mass is 32.2. The van der Waals surface area contributed by atoms with Crippen molar-refractivity contribution in [3.05, 3.63) is 46.7 Å². The Balaban J connectivity index is 1.83. The first-order chi connectivity index (χ1) is 13.7. The van der Waals surface area contributed by atoms with Crippen molar-refractivity contribution in [1.29, 1.82) is 0 Å². The van der Waals surface area contributed by atoms with Crippen molar-refractivity contribution in [2.45, 2.75) is 38.1 Å². The topological polar surface area (TPSA) is 68.2 Å². The molecule has 0 saturated heterocycles. The largest absolute Gasteiger partial charge is 0.447 e. The number of amides is 1. The number of hydrogen-bond donors (Lipinski definition) is 0. The minimum absolute atomic E-state index is 0.109. The Morgan fingerprint density at radius 1 is 1.29 bits per heavy atom. The summed E-state index contributed by atoms with van der Waals surface area (Å²) in [5.41, 5.74) is 2.99. The van der Waals surface area contributed by atoms with Crippen LogP contribution in [0.4, 0.5) is 5.69 Å². The number of nitrogens with zero attached hydrogens (tertiary/aromatic N) is 4. The summed E-state index contributed by atoms with van der Waals surface area (Å²) < 4.78 is 6.29. The van der Waals surface area contributed by atoms with Crippen LogP contribution in [0.5, 0.6) is 5.88 Å². The molecule has 0 fully saturated rings. The van der Waals surface area contributed by atoms with Gasteiger partial charge in [-0.05, 0) is 29.3 Å². The molecular formula is C20H20N4O2S2. The number of fused-ring (bicyclic) bond motifs is 3. The van der Waals surface area contributed by atoms with E-state index >= 15 is 0 Å². The molecule has 3 aromatic rings. The molecular weight excluding hydrogens is 392 g/mol. The minimum Gasteiger partial charge on any atom is -0.447 e. The number of para-hydroxylation sites is 1. The van der Waals surface area contributed by atoms with E-state index < -0.39 is 6.23 Å². The van der Waals surface area contributed by atoms with E-state index in [0.717, 1.165) is 35.4 Å². The first kappa shape index (κ1) is 18.9. The zero-order valence-electron chi connectivity index (χ0n) is 15.7. The van der Waals surface area contributed by atoms with Crippen LogP contribution in [-0.2, 0) is 4.79 Å². The maximum absolute atomic E-state index is 12.6. The molecule has 1 atom stereocenters. The van der Waals surface area contributed by atoms with Crippen molar-refractivity contribution in [3.8, 4) is 17.1 Å². The van der Waals surface area contributed by atoms with E-state index in [0.29, 0.717) is 16.7 Å². The molecule has 1 aliphatic rings. The number of ether oxygens (including phenoxy) is 1. The summed E-state index contributed by atoms with van der Waals surface area (Å²) in [6, 6.07) is 9.60. The lowest BCUT2D eigenvalue weighted by atomic mass is 10.1. The number of carbonyl (C=O) groups excluding carboxylic acids is 1. The Hall–Kier alpha value is -2.45. The lowest BCUT2D eigenvalue weighted by Gasteiger charge is -2.29. The zero-order chi connectivity index (χ0) is 19.5. The lowest BCUT2D eigenvalue weighted by molar-refractivity contribution is -0.118. The van der Waals surface area contributed by atoms with Crippen LogP contribution in [0.15, 0.2) is 46.2 Å². The third-order valence-electron chi connectivity index (χ3n) is 4.41. The summed E-state index contributed by atoms with van der Waals surface area (Å²) in [5.74, 6) is 1.23. The van der Waals surface area contributed by atoms with Gasteiger partial charge in [0.2, 0.25) is 23.2 Å². The SMILES string of the molecule is CCCCSc1nnc2c(n1)O[C@H](c1ccsc1)N(C(C)=O)c1ccccc1-2. The van der Waals surface area contributed by atoms with Gasteiger partial charge in [-0.1, -0.05) is 43.3 Å². The third kappa shape index (κ3) is 3.62. The Morgan fingerprint density at radius 2 is 2.14 bits per heavy atom. The Bertz CT molecular complexity index is 978. The number of thiophene rings is 1. The van der Waals surface area contributed by atoms with Gasteiger partial charge < -0.3 is 4.74 Å². The smallest absolute Gasteiger partial charge is 0.247 e. The Kier molecular flexibility index (Phi) is 5.59. The van der Waals surface area contributed by atoms with Crippen LogP contribution < -0.4 is 9.64 Å². The fourth-order valence-corrected chi connectivity index (χ4v) is 4.58. The highest BCUT2D eigenvalue weighted by molar-refractivity contribution is 7.99. The van der Waals surface area contributed by atoms with Gasteiger partial charge in [0.05, 0.1) is 5.69 Å².